The molecule has 12 heteroatoms. The first kappa shape index (κ1) is 20.5. The van der Waals surface area contributed by atoms with Gasteiger partial charge in [0.05, 0.1) is 19.3 Å². The third kappa shape index (κ3) is 6.11. The molecule has 0 spiro atoms. The van der Waals surface area contributed by atoms with E-state index >= 15 is 0 Å². The Morgan fingerprint density at radius 3 is 2.67 bits per heavy atom. The van der Waals surface area contributed by atoms with E-state index in [1.165, 1.54) is 11.3 Å². The second-order valence-electron chi connectivity index (χ2n) is 5.12. The molecule has 0 saturated carbocycles. The van der Waals surface area contributed by atoms with Crippen LogP contribution in [-0.2, 0) is 11.3 Å². The molecule has 8 nitrogen and oxygen atoms in total. The first-order chi connectivity index (χ1) is 12.8. The number of hydrogen-bond acceptors (Lipinski definition) is 8. The Hall–Kier alpha value is -2.86. The lowest BCUT2D eigenvalue weighted by atomic mass is 10.2. The number of hydrogen-bond donors (Lipinski definition) is 3. The highest BCUT2D eigenvalue weighted by Crippen LogP contribution is 2.22. The predicted octanol–water partition coefficient (Wildman–Crippen LogP) is 1.13. The number of nitrogens with one attached hydrogen (secondary N) is 1. The van der Waals surface area contributed by atoms with E-state index in [4.69, 9.17) is 10.9 Å². The number of aliphatic hydroxyl groups excluding tert-OH is 1. The fourth-order valence-electron chi connectivity index (χ4n) is 1.76. The van der Waals surface area contributed by atoms with Crippen LogP contribution in [0.4, 0.5) is 13.2 Å². The summed E-state index contributed by atoms with van der Waals surface area (Å²) in [5.74, 6) is 4.30. The molecule has 1 unspecified atom stereocenters. The number of hydrazone groups is 1. The van der Waals surface area contributed by atoms with Gasteiger partial charge in [-0.05, 0) is 0 Å². The van der Waals surface area contributed by atoms with Crippen LogP contribution in [0.2, 0.25) is 0 Å². The van der Waals surface area contributed by atoms with Gasteiger partial charge >= 0.3 is 6.18 Å². The molecule has 27 heavy (non-hydrogen) atoms. The fourth-order valence-corrected chi connectivity index (χ4v) is 2.55. The minimum atomic E-state index is -4.80. The maximum absolute atomic E-state index is 12.2. The number of aliphatic hydroxyl groups is 1. The number of carbonyl (C=O) groups excluding carboxylic acids is 1. The monoisotopic (exact) mass is 400 g/mol. The molecule has 2 rings (SSSR count). The summed E-state index contributed by atoms with van der Waals surface area (Å²) >= 11 is 1.27. The molecule has 0 radical (unpaired) electrons. The van der Waals surface area contributed by atoms with Crippen LogP contribution in [0.1, 0.15) is 5.01 Å². The van der Waals surface area contributed by atoms with Crippen LogP contribution in [0, 0.1) is 0 Å². The van der Waals surface area contributed by atoms with Crippen molar-refractivity contribution in [3.05, 3.63) is 35.3 Å². The number of aliphatic imine (C=N–C) groups is 1. The molecule has 4 N–H and O–H groups in total. The number of alkyl halides is 3. The van der Waals surface area contributed by atoms with Gasteiger partial charge in [-0.15, -0.1) is 10.2 Å². The largest absolute Gasteiger partial charge is 0.416 e. The van der Waals surface area contributed by atoms with Gasteiger partial charge in [0.15, 0.2) is 11.8 Å². The lowest BCUT2D eigenvalue weighted by Gasteiger charge is -2.11. The van der Waals surface area contributed by atoms with E-state index in [1.807, 2.05) is 30.3 Å². The number of nitrogens with zero attached hydrogens (tertiary/aromatic N) is 4. The van der Waals surface area contributed by atoms with Crippen molar-refractivity contribution in [1.29, 1.82) is 0 Å². The first-order valence-electron chi connectivity index (χ1n) is 7.49. The SMILES string of the molecule is N/N=C(\C=NCC(O)C(F)(F)F)C(=O)NCc1nnc(-c2ccccc2)s1. The van der Waals surface area contributed by atoms with Gasteiger partial charge in [-0.3, -0.25) is 9.79 Å². The third-order valence-electron chi connectivity index (χ3n) is 3.13. The Morgan fingerprint density at radius 1 is 1.33 bits per heavy atom. The molecule has 1 atom stereocenters. The quantitative estimate of drug-likeness (QED) is 0.365. The molecule has 1 aromatic heterocycles. The molecule has 1 heterocycles. The zero-order valence-electron chi connectivity index (χ0n) is 13.7. The standard InChI is InChI=1S/C15H15F3N6O2S/c16-15(17,18)11(25)7-20-6-10(22-19)13(26)21-8-12-23-24-14(27-12)9-4-2-1-3-5-9/h1-6,11,25H,7-8,19H2,(H,21,26)/b20-6?,22-10+. The summed E-state index contributed by atoms with van der Waals surface area (Å²) in [5, 5.41) is 23.6. The summed E-state index contributed by atoms with van der Waals surface area (Å²) in [6, 6.07) is 9.32. The number of carbonyl (C=O) groups is 1. The van der Waals surface area contributed by atoms with Crippen molar-refractivity contribution >= 4 is 29.2 Å². The van der Waals surface area contributed by atoms with Crippen molar-refractivity contribution in [3.8, 4) is 10.6 Å². The Balaban J connectivity index is 1.89. The Bertz CT molecular complexity index is 822. The number of nitrogens with two attached hydrogens (primary N) is 1. The van der Waals surface area contributed by atoms with Gasteiger partial charge in [-0.2, -0.15) is 18.3 Å². The second-order valence-corrected chi connectivity index (χ2v) is 6.18. The van der Waals surface area contributed by atoms with Gasteiger partial charge in [0.2, 0.25) is 0 Å². The summed E-state index contributed by atoms with van der Waals surface area (Å²) in [4.78, 5) is 15.3. The zero-order chi connectivity index (χ0) is 19.9. The molecule has 0 saturated heterocycles. The molecule has 0 aliphatic heterocycles. The van der Waals surface area contributed by atoms with Gasteiger partial charge in [-0.25, -0.2) is 0 Å². The molecule has 1 amide bonds. The smallest absolute Gasteiger partial charge is 0.382 e. The van der Waals surface area contributed by atoms with Crippen molar-refractivity contribution in [2.24, 2.45) is 15.9 Å². The van der Waals surface area contributed by atoms with Crippen LogP contribution < -0.4 is 11.2 Å². The van der Waals surface area contributed by atoms with Crippen molar-refractivity contribution < 1.29 is 23.1 Å². The van der Waals surface area contributed by atoms with Crippen molar-refractivity contribution in [1.82, 2.24) is 15.5 Å². The molecule has 0 fully saturated rings. The molecule has 0 aliphatic rings. The number of rotatable bonds is 7. The van der Waals surface area contributed by atoms with E-state index < -0.39 is 30.4 Å². The molecule has 144 valence electrons. The lowest BCUT2D eigenvalue weighted by Crippen LogP contribution is -2.34. The van der Waals surface area contributed by atoms with Crippen LogP contribution in [0.25, 0.3) is 10.6 Å². The number of aromatic nitrogens is 2. The average Bonchev–Trinajstić information content (AvgIpc) is 3.12. The van der Waals surface area contributed by atoms with Crippen LogP contribution >= 0.6 is 11.3 Å². The van der Waals surface area contributed by atoms with E-state index in [0.717, 1.165) is 11.8 Å². The van der Waals surface area contributed by atoms with E-state index in [2.05, 4.69) is 25.6 Å². The summed E-state index contributed by atoms with van der Waals surface area (Å²) in [6.07, 6.45) is -6.66. The highest BCUT2D eigenvalue weighted by Gasteiger charge is 2.37. The van der Waals surface area contributed by atoms with Gasteiger partial charge in [-0.1, -0.05) is 41.7 Å². The van der Waals surface area contributed by atoms with Crippen LogP contribution in [-0.4, -0.2) is 52.0 Å². The molecule has 2 aromatic rings. The minimum Gasteiger partial charge on any atom is -0.382 e. The van der Waals surface area contributed by atoms with Gasteiger partial charge < -0.3 is 16.3 Å². The molecule has 0 bridgehead atoms. The summed E-state index contributed by atoms with van der Waals surface area (Å²) in [6.45, 7) is -0.937. The maximum atomic E-state index is 12.2. The predicted molar refractivity (Wildman–Crippen MR) is 94.2 cm³/mol. The average molecular weight is 400 g/mol. The summed E-state index contributed by atoms with van der Waals surface area (Å²) in [5.41, 5.74) is 0.490. The molecule has 1 aromatic carbocycles. The number of amides is 1. The normalized spacial score (nSPS) is 13.7. The Morgan fingerprint density at radius 2 is 2.04 bits per heavy atom. The van der Waals surface area contributed by atoms with E-state index in [1.54, 1.807) is 0 Å². The van der Waals surface area contributed by atoms with E-state index in [9.17, 15) is 18.0 Å². The summed E-state index contributed by atoms with van der Waals surface area (Å²) in [7, 11) is 0. The Kier molecular flexibility index (Phi) is 6.96. The van der Waals surface area contributed by atoms with E-state index in [-0.39, 0.29) is 6.54 Å². The number of benzene rings is 1. The molecule has 0 aliphatic carbocycles. The van der Waals surface area contributed by atoms with Crippen LogP contribution in [0.3, 0.4) is 0 Å². The zero-order valence-corrected chi connectivity index (χ0v) is 14.5. The van der Waals surface area contributed by atoms with Crippen molar-refractivity contribution in [3.63, 3.8) is 0 Å². The fraction of sp³-hybridized carbons (Fsp3) is 0.267. The van der Waals surface area contributed by atoms with Crippen LogP contribution in [0.5, 0.6) is 0 Å². The van der Waals surface area contributed by atoms with Gasteiger partial charge in [0.25, 0.3) is 5.91 Å². The van der Waals surface area contributed by atoms with Gasteiger partial charge in [0, 0.05) is 5.56 Å². The summed E-state index contributed by atoms with van der Waals surface area (Å²) < 4.78 is 36.5. The van der Waals surface area contributed by atoms with Crippen molar-refractivity contribution in [2.75, 3.05) is 6.54 Å². The topological polar surface area (TPSA) is 126 Å². The highest BCUT2D eigenvalue weighted by atomic mass is 32.1. The maximum Gasteiger partial charge on any atom is 0.416 e. The molecular weight excluding hydrogens is 385 g/mol. The van der Waals surface area contributed by atoms with Crippen LogP contribution in [0.15, 0.2) is 40.4 Å². The Labute approximate surface area is 155 Å². The van der Waals surface area contributed by atoms with Crippen molar-refractivity contribution in [2.45, 2.75) is 18.8 Å². The first-order valence-corrected chi connectivity index (χ1v) is 8.31. The van der Waals surface area contributed by atoms with Gasteiger partial charge in [0.1, 0.15) is 10.0 Å². The minimum absolute atomic E-state index is 0.0291. The third-order valence-corrected chi connectivity index (χ3v) is 4.10. The molecular formula is C15H15F3N6O2S. The van der Waals surface area contributed by atoms with E-state index in [0.29, 0.717) is 10.0 Å². The number of halogens is 3. The second kappa shape index (κ2) is 9.19. The highest BCUT2D eigenvalue weighted by molar-refractivity contribution is 7.14. The lowest BCUT2D eigenvalue weighted by molar-refractivity contribution is -0.199.